The molecule has 10 heteroatoms. The molecule has 0 N–H and O–H groups in total. The summed E-state index contributed by atoms with van der Waals surface area (Å²) < 4.78 is 25.0. The van der Waals surface area contributed by atoms with Crippen molar-refractivity contribution in [2.75, 3.05) is 19.9 Å². The molecule has 0 bridgehead atoms. The van der Waals surface area contributed by atoms with Gasteiger partial charge >= 0.3 is 0 Å². The molecule has 2 heterocycles. The standard InChI is InChI=1S/C22H46O4P6/c1-14(8-10-30-27)11-21-22(23-5)17(4)20(26-21)13-19-16(3)15(2)12-18(25-19)7-6-9-24-32(29)31-28/h14-15,17-22,30-31H,3,6-13,27-29H2,1-2,4-5H3/t14-,15-,17+,18+,19-,20?,21-,22-,32?/m1/s1. The number of methoxy groups -OCH3 is 1. The third-order valence-electron chi connectivity index (χ3n) is 7.00. The van der Waals surface area contributed by atoms with E-state index in [0.717, 1.165) is 54.9 Å². The van der Waals surface area contributed by atoms with Gasteiger partial charge in [0.15, 0.2) is 0 Å². The van der Waals surface area contributed by atoms with Crippen LogP contribution in [0.15, 0.2) is 12.2 Å². The van der Waals surface area contributed by atoms with Crippen molar-refractivity contribution in [3.8, 4) is 0 Å². The molecule has 7 unspecified atom stereocenters. The van der Waals surface area contributed by atoms with Crippen molar-refractivity contribution in [1.29, 1.82) is 0 Å². The van der Waals surface area contributed by atoms with Crippen molar-refractivity contribution in [1.82, 2.24) is 0 Å². The van der Waals surface area contributed by atoms with Crippen LogP contribution in [0.4, 0.5) is 0 Å². The summed E-state index contributed by atoms with van der Waals surface area (Å²) in [4.78, 5) is 0. The minimum absolute atomic E-state index is 0.0801. The van der Waals surface area contributed by atoms with Gasteiger partial charge in [-0.05, 0) is 63.6 Å². The van der Waals surface area contributed by atoms with Crippen LogP contribution in [0, 0.1) is 17.8 Å². The van der Waals surface area contributed by atoms with Gasteiger partial charge in [-0.2, -0.15) is 0 Å². The summed E-state index contributed by atoms with van der Waals surface area (Å²) in [5, 5.41) is 0. The van der Waals surface area contributed by atoms with Gasteiger partial charge in [0.1, 0.15) is 0 Å². The van der Waals surface area contributed by atoms with Crippen LogP contribution in [-0.4, -0.2) is 50.4 Å². The monoisotopic (exact) mass is 560 g/mol. The molecule has 0 aromatic rings. The molecule has 32 heavy (non-hydrogen) atoms. The highest BCUT2D eigenvalue weighted by Crippen LogP contribution is 2.66. The SMILES string of the molecule is C=C1[C@H](C)C[C@H](CCCOP(P)PP)O[C@@H]1CC1O[C@H](C[C@H](C)CCPP)[C@H](OC)[C@H]1C. The van der Waals surface area contributed by atoms with Crippen LogP contribution in [0.5, 0.6) is 0 Å². The molecule has 2 saturated heterocycles. The van der Waals surface area contributed by atoms with E-state index >= 15 is 0 Å². The van der Waals surface area contributed by atoms with E-state index in [2.05, 4.69) is 54.1 Å². The second-order valence-electron chi connectivity index (χ2n) is 9.48. The molecular formula is C22H46O4P6. The normalized spacial score (nSPS) is 36.0. The molecule has 2 aliphatic rings. The zero-order valence-corrected chi connectivity index (χ0v) is 26.7. The van der Waals surface area contributed by atoms with Crippen LogP contribution in [0.1, 0.15) is 59.3 Å². The molecule has 4 nitrogen and oxygen atoms in total. The van der Waals surface area contributed by atoms with Crippen LogP contribution in [0.2, 0.25) is 0 Å². The van der Waals surface area contributed by atoms with E-state index in [-0.39, 0.29) is 38.0 Å². The molecule has 2 rings (SSSR count). The van der Waals surface area contributed by atoms with Crippen LogP contribution in [0.25, 0.3) is 0 Å². The molecule has 188 valence electrons. The maximum atomic E-state index is 6.62. The Kier molecular flexibility index (Phi) is 15.3. The fraction of sp³-hybridized carbons (Fsp3) is 0.909. The third kappa shape index (κ3) is 9.56. The summed E-state index contributed by atoms with van der Waals surface area (Å²) in [6.45, 7) is 12.2. The van der Waals surface area contributed by atoms with Gasteiger partial charge in [-0.15, -0.1) is 26.1 Å². The van der Waals surface area contributed by atoms with E-state index in [9.17, 15) is 0 Å². The van der Waals surface area contributed by atoms with E-state index in [1.807, 2.05) is 7.11 Å². The fourth-order valence-corrected chi connectivity index (χ4v) is 8.04. The Labute approximate surface area is 208 Å². The van der Waals surface area contributed by atoms with Gasteiger partial charge in [-0.1, -0.05) is 36.3 Å². The molecule has 2 aliphatic heterocycles. The number of hydrogen-bond donors (Lipinski definition) is 0. The average molecular weight is 560 g/mol. The Morgan fingerprint density at radius 2 is 2.00 bits per heavy atom. The van der Waals surface area contributed by atoms with Crippen LogP contribution < -0.4 is 0 Å². The zero-order chi connectivity index (χ0) is 23.7. The average Bonchev–Trinajstić information content (AvgIpc) is 3.06. The van der Waals surface area contributed by atoms with Crippen LogP contribution in [0.3, 0.4) is 0 Å². The molecule has 2 fully saturated rings. The van der Waals surface area contributed by atoms with Gasteiger partial charge < -0.3 is 18.7 Å². The lowest BCUT2D eigenvalue weighted by atomic mass is 9.83. The van der Waals surface area contributed by atoms with Crippen molar-refractivity contribution in [2.24, 2.45) is 17.8 Å². The van der Waals surface area contributed by atoms with Crippen LogP contribution in [-0.2, 0) is 18.7 Å². The molecular weight excluding hydrogens is 514 g/mol. The zero-order valence-electron chi connectivity index (χ0n) is 20.3. The smallest absolute Gasteiger partial charge is 0.0883 e. The molecule has 0 saturated carbocycles. The largest absolute Gasteiger partial charge is 0.378 e. The first-order valence-corrected chi connectivity index (χ1v) is 21.4. The second-order valence-corrected chi connectivity index (χ2v) is 20.2. The highest BCUT2D eigenvalue weighted by molar-refractivity contribution is 8.59. The maximum absolute atomic E-state index is 6.62. The van der Waals surface area contributed by atoms with E-state index in [4.69, 9.17) is 18.7 Å². The van der Waals surface area contributed by atoms with Crippen LogP contribution >= 0.6 is 50.5 Å². The van der Waals surface area contributed by atoms with Gasteiger partial charge in [-0.25, -0.2) is 0 Å². The van der Waals surface area contributed by atoms with E-state index < -0.39 is 0 Å². The Morgan fingerprint density at radius 3 is 2.66 bits per heavy atom. The van der Waals surface area contributed by atoms with Gasteiger partial charge in [-0.3, -0.25) is 0 Å². The maximum Gasteiger partial charge on any atom is 0.0883 e. The van der Waals surface area contributed by atoms with Gasteiger partial charge in [0, 0.05) is 19.4 Å². The van der Waals surface area contributed by atoms with Crippen molar-refractivity contribution < 1.29 is 18.7 Å². The number of rotatable bonds is 14. The predicted octanol–water partition coefficient (Wildman–Crippen LogP) is 7.40. The lowest BCUT2D eigenvalue weighted by Gasteiger charge is -2.37. The first-order chi connectivity index (χ1) is 15.3. The molecule has 14 atom stereocenters. The van der Waals surface area contributed by atoms with Crippen molar-refractivity contribution in [3.63, 3.8) is 0 Å². The predicted molar refractivity (Wildman–Crippen MR) is 156 cm³/mol. The summed E-state index contributed by atoms with van der Waals surface area (Å²) in [5.41, 5.74) is 1.23. The second kappa shape index (κ2) is 16.1. The molecule has 0 aromatic heterocycles. The minimum atomic E-state index is -0.344. The van der Waals surface area contributed by atoms with Crippen molar-refractivity contribution >= 4 is 50.5 Å². The van der Waals surface area contributed by atoms with Gasteiger partial charge in [0.05, 0.1) is 44.7 Å². The fourth-order valence-electron chi connectivity index (χ4n) is 5.00. The quantitative estimate of drug-likeness (QED) is 0.126. The third-order valence-corrected chi connectivity index (χ3v) is 17.1. The molecule has 0 aliphatic carbocycles. The molecule has 0 amide bonds. The highest BCUT2D eigenvalue weighted by atomic mass is 32.6. The summed E-state index contributed by atoms with van der Waals surface area (Å²) in [6, 6.07) is 0. The Bertz CT molecular complexity index is 557. The molecule has 0 spiro atoms. The lowest BCUT2D eigenvalue weighted by molar-refractivity contribution is -0.0723. The lowest BCUT2D eigenvalue weighted by Crippen LogP contribution is -2.37. The summed E-state index contributed by atoms with van der Waals surface area (Å²) in [5.74, 6) is 1.53. The van der Waals surface area contributed by atoms with E-state index in [1.54, 1.807) is 0 Å². The molecule has 0 radical (unpaired) electrons. The molecule has 0 aromatic carbocycles. The first-order valence-electron chi connectivity index (χ1n) is 11.9. The Balaban J connectivity index is 1.90. The van der Waals surface area contributed by atoms with Gasteiger partial charge in [0.25, 0.3) is 0 Å². The summed E-state index contributed by atoms with van der Waals surface area (Å²) >= 11 is 0. The highest BCUT2D eigenvalue weighted by Gasteiger charge is 2.44. The van der Waals surface area contributed by atoms with Crippen molar-refractivity contribution in [2.45, 2.75) is 89.8 Å². The Morgan fingerprint density at radius 1 is 1.25 bits per heavy atom. The van der Waals surface area contributed by atoms with E-state index in [1.165, 1.54) is 18.2 Å². The van der Waals surface area contributed by atoms with Crippen molar-refractivity contribution in [3.05, 3.63) is 12.2 Å². The van der Waals surface area contributed by atoms with E-state index in [0.29, 0.717) is 17.8 Å². The Hall–Kier alpha value is 2.16. The van der Waals surface area contributed by atoms with Gasteiger partial charge in [0.2, 0.25) is 0 Å². The minimum Gasteiger partial charge on any atom is -0.378 e. The topological polar surface area (TPSA) is 36.9 Å². The summed E-state index contributed by atoms with van der Waals surface area (Å²) in [6.07, 6.45) is 8.58. The summed E-state index contributed by atoms with van der Waals surface area (Å²) in [7, 11) is 11.7. The first kappa shape index (κ1) is 30.4. The number of hydrogen-bond acceptors (Lipinski definition) is 4. The number of ether oxygens (including phenoxy) is 3.